The van der Waals surface area contributed by atoms with E-state index in [0.29, 0.717) is 28.8 Å². The van der Waals surface area contributed by atoms with Crippen LogP contribution in [0.4, 0.5) is 0 Å². The van der Waals surface area contributed by atoms with Crippen molar-refractivity contribution in [3.8, 4) is 16.2 Å². The molecule has 0 bridgehead atoms. The van der Waals surface area contributed by atoms with Crippen molar-refractivity contribution in [3.05, 3.63) is 58.2 Å². The number of thiophene rings is 1. The molecule has 8 nitrogen and oxygen atoms in total. The van der Waals surface area contributed by atoms with E-state index in [-0.39, 0.29) is 5.56 Å². The number of hydrogen-bond acceptors (Lipinski definition) is 8. The molecule has 0 unspecified atom stereocenters. The van der Waals surface area contributed by atoms with Crippen molar-refractivity contribution in [2.45, 2.75) is 32.2 Å². The van der Waals surface area contributed by atoms with Crippen LogP contribution in [0.5, 0.6) is 5.75 Å². The summed E-state index contributed by atoms with van der Waals surface area (Å²) in [7, 11) is 1.65. The normalized spacial score (nSPS) is 15.5. The summed E-state index contributed by atoms with van der Waals surface area (Å²) in [5.74, 6) is 3.22. The third-order valence-corrected chi connectivity index (χ3v) is 6.83. The van der Waals surface area contributed by atoms with Gasteiger partial charge >= 0.3 is 0 Å². The molecular formula is C22H23N5O3S. The Labute approximate surface area is 182 Å². The second kappa shape index (κ2) is 8.24. The quantitative estimate of drug-likeness (QED) is 0.508. The number of nitrogens with zero attached hydrogens (tertiary/aromatic N) is 4. The number of H-pyrrole nitrogens is 1. The van der Waals surface area contributed by atoms with E-state index in [4.69, 9.17) is 14.2 Å². The van der Waals surface area contributed by atoms with Gasteiger partial charge < -0.3 is 14.2 Å². The number of aromatic nitrogens is 4. The maximum atomic E-state index is 12.7. The molecule has 9 heteroatoms. The zero-order chi connectivity index (χ0) is 21.4. The maximum Gasteiger partial charge on any atom is 0.268 e. The Morgan fingerprint density at radius 3 is 2.68 bits per heavy atom. The summed E-state index contributed by atoms with van der Waals surface area (Å²) >= 11 is 1.46. The monoisotopic (exact) mass is 437 g/mol. The van der Waals surface area contributed by atoms with Crippen LogP contribution in [0.2, 0.25) is 0 Å². The van der Waals surface area contributed by atoms with Crippen LogP contribution >= 0.6 is 11.3 Å². The summed E-state index contributed by atoms with van der Waals surface area (Å²) in [5, 5.41) is 3.90. The third-order valence-electron chi connectivity index (χ3n) is 5.66. The highest BCUT2D eigenvalue weighted by molar-refractivity contribution is 7.22. The zero-order valence-corrected chi connectivity index (χ0v) is 18.2. The molecule has 1 aliphatic rings. The van der Waals surface area contributed by atoms with Crippen LogP contribution < -0.4 is 10.3 Å². The molecule has 4 heterocycles. The Kier molecular flexibility index (Phi) is 5.29. The summed E-state index contributed by atoms with van der Waals surface area (Å²) in [4.78, 5) is 28.1. The highest BCUT2D eigenvalue weighted by atomic mass is 32.1. The standard InChI is InChI=1S/C22H23N5O3S/c1-13-23-22(30-26-13)15-7-9-27(10-8-15)12-19-24-17-11-18(31-20(17)21(28)25-19)14-3-5-16(29-2)6-4-14/h3-6,11,15H,7-10,12H2,1-2H3,(H,24,25,28). The number of aryl methyl sites for hydroxylation is 1. The summed E-state index contributed by atoms with van der Waals surface area (Å²) < 4.78 is 11.2. The van der Waals surface area contributed by atoms with E-state index in [1.54, 1.807) is 7.11 Å². The molecule has 4 aromatic rings. The Morgan fingerprint density at radius 2 is 2.00 bits per heavy atom. The molecule has 1 aliphatic heterocycles. The minimum absolute atomic E-state index is 0.0824. The van der Waals surface area contributed by atoms with Crippen molar-refractivity contribution in [1.82, 2.24) is 25.0 Å². The van der Waals surface area contributed by atoms with Crippen molar-refractivity contribution in [2.75, 3.05) is 20.2 Å². The number of nitrogens with one attached hydrogen (secondary N) is 1. The van der Waals surface area contributed by atoms with Gasteiger partial charge in [-0.3, -0.25) is 9.69 Å². The van der Waals surface area contributed by atoms with Crippen molar-refractivity contribution in [2.24, 2.45) is 0 Å². The summed E-state index contributed by atoms with van der Waals surface area (Å²) in [5.41, 5.74) is 1.70. The molecule has 0 saturated carbocycles. The molecule has 1 fully saturated rings. The van der Waals surface area contributed by atoms with Crippen LogP contribution in [0.25, 0.3) is 20.7 Å². The predicted octanol–water partition coefficient (Wildman–Crippen LogP) is 3.73. The fraction of sp³-hybridized carbons (Fsp3) is 0.364. The van der Waals surface area contributed by atoms with Crippen LogP contribution in [0.3, 0.4) is 0 Å². The highest BCUT2D eigenvalue weighted by Gasteiger charge is 2.25. The molecule has 1 saturated heterocycles. The van der Waals surface area contributed by atoms with Gasteiger partial charge in [0.15, 0.2) is 5.82 Å². The van der Waals surface area contributed by atoms with Crippen molar-refractivity contribution in [1.29, 1.82) is 0 Å². The van der Waals surface area contributed by atoms with Crippen LogP contribution in [0, 0.1) is 6.92 Å². The summed E-state index contributed by atoms with van der Waals surface area (Å²) in [6, 6.07) is 9.82. The number of methoxy groups -OCH3 is 1. The first-order valence-corrected chi connectivity index (χ1v) is 11.1. The molecule has 3 aromatic heterocycles. The molecule has 0 atom stereocenters. The van der Waals surface area contributed by atoms with Gasteiger partial charge in [-0.2, -0.15) is 4.98 Å². The molecule has 1 aromatic carbocycles. The largest absolute Gasteiger partial charge is 0.497 e. The van der Waals surface area contributed by atoms with Gasteiger partial charge in [0.1, 0.15) is 16.3 Å². The number of rotatable bonds is 5. The van der Waals surface area contributed by atoms with Gasteiger partial charge in [-0.15, -0.1) is 11.3 Å². The average Bonchev–Trinajstić information content (AvgIpc) is 3.41. The van der Waals surface area contributed by atoms with E-state index in [1.807, 2.05) is 37.3 Å². The predicted molar refractivity (Wildman–Crippen MR) is 119 cm³/mol. The molecular weight excluding hydrogens is 414 g/mol. The summed E-state index contributed by atoms with van der Waals surface area (Å²) in [6.45, 7) is 4.25. The van der Waals surface area contributed by atoms with Gasteiger partial charge in [-0.25, -0.2) is 4.98 Å². The zero-order valence-electron chi connectivity index (χ0n) is 17.4. The minimum Gasteiger partial charge on any atom is -0.497 e. The lowest BCUT2D eigenvalue weighted by Crippen LogP contribution is -2.33. The Morgan fingerprint density at radius 1 is 1.23 bits per heavy atom. The number of benzene rings is 1. The van der Waals surface area contributed by atoms with Gasteiger partial charge in [0.25, 0.3) is 5.56 Å². The molecule has 5 rings (SSSR count). The molecule has 0 amide bonds. The van der Waals surface area contributed by atoms with E-state index in [0.717, 1.165) is 53.5 Å². The SMILES string of the molecule is COc1ccc(-c2cc3nc(CN4CCC(c5nc(C)no5)CC4)[nH]c(=O)c3s2)cc1. The highest BCUT2D eigenvalue weighted by Crippen LogP contribution is 2.32. The molecule has 0 aliphatic carbocycles. The maximum absolute atomic E-state index is 12.7. The number of ether oxygens (including phenoxy) is 1. The Balaban J connectivity index is 1.31. The van der Waals surface area contributed by atoms with E-state index in [2.05, 4.69) is 20.0 Å². The molecule has 0 radical (unpaired) electrons. The fourth-order valence-corrected chi connectivity index (χ4v) is 4.99. The van der Waals surface area contributed by atoms with E-state index >= 15 is 0 Å². The van der Waals surface area contributed by atoms with E-state index in [9.17, 15) is 4.79 Å². The lowest BCUT2D eigenvalue weighted by Gasteiger charge is -2.29. The minimum atomic E-state index is -0.0824. The molecule has 31 heavy (non-hydrogen) atoms. The van der Waals surface area contributed by atoms with Gasteiger partial charge in [-0.1, -0.05) is 5.16 Å². The van der Waals surface area contributed by atoms with Crippen molar-refractivity contribution >= 4 is 21.6 Å². The number of piperidine rings is 1. The Bertz CT molecular complexity index is 1250. The van der Waals surface area contributed by atoms with Gasteiger partial charge in [-0.05, 0) is 68.8 Å². The number of likely N-dealkylation sites (tertiary alicyclic amines) is 1. The fourth-order valence-electron chi connectivity index (χ4n) is 3.99. The van der Waals surface area contributed by atoms with Crippen LogP contribution in [0.1, 0.15) is 36.3 Å². The first-order valence-electron chi connectivity index (χ1n) is 10.3. The first kappa shape index (κ1) is 19.9. The van der Waals surface area contributed by atoms with E-state index < -0.39 is 0 Å². The third kappa shape index (κ3) is 4.11. The number of fused-ring (bicyclic) bond motifs is 1. The second-order valence-corrected chi connectivity index (χ2v) is 8.85. The van der Waals surface area contributed by atoms with Crippen LogP contribution in [-0.4, -0.2) is 45.2 Å². The second-order valence-electron chi connectivity index (χ2n) is 7.80. The smallest absolute Gasteiger partial charge is 0.268 e. The van der Waals surface area contributed by atoms with Crippen molar-refractivity contribution < 1.29 is 9.26 Å². The van der Waals surface area contributed by atoms with Crippen LogP contribution in [0.15, 0.2) is 39.6 Å². The van der Waals surface area contributed by atoms with Gasteiger partial charge in [0.2, 0.25) is 5.89 Å². The Hall–Kier alpha value is -3.04. The number of hydrogen-bond donors (Lipinski definition) is 1. The van der Waals surface area contributed by atoms with Crippen molar-refractivity contribution in [3.63, 3.8) is 0 Å². The average molecular weight is 438 g/mol. The van der Waals surface area contributed by atoms with Gasteiger partial charge in [0, 0.05) is 10.8 Å². The summed E-state index contributed by atoms with van der Waals surface area (Å²) in [6.07, 6.45) is 1.91. The van der Waals surface area contributed by atoms with Crippen LogP contribution in [-0.2, 0) is 6.54 Å². The van der Waals surface area contributed by atoms with Gasteiger partial charge in [0.05, 0.1) is 19.2 Å². The lowest BCUT2D eigenvalue weighted by atomic mass is 9.97. The molecule has 1 N–H and O–H groups in total. The lowest BCUT2D eigenvalue weighted by molar-refractivity contribution is 0.184. The molecule has 0 spiro atoms. The van der Waals surface area contributed by atoms with E-state index in [1.165, 1.54) is 11.3 Å². The first-order chi connectivity index (χ1) is 15.1. The molecule has 160 valence electrons. The topological polar surface area (TPSA) is 97.1 Å². The number of aromatic amines is 1.